The molecule has 1 aromatic heterocycles. The zero-order valence-electron chi connectivity index (χ0n) is 13.2. The summed E-state index contributed by atoms with van der Waals surface area (Å²) >= 11 is 11.9. The van der Waals surface area contributed by atoms with Gasteiger partial charge in [-0.3, -0.25) is 4.79 Å². The second-order valence-electron chi connectivity index (χ2n) is 5.99. The molecule has 2 aromatic rings. The molecular weight excluding hydrogens is 345 g/mol. The number of rotatable bonds is 4. The van der Waals surface area contributed by atoms with Crippen LogP contribution in [0.2, 0.25) is 10.0 Å². The van der Waals surface area contributed by atoms with Gasteiger partial charge in [0.2, 0.25) is 0 Å². The maximum atomic E-state index is 12.4. The molecule has 4 nitrogen and oxygen atoms in total. The Balaban J connectivity index is 1.68. The van der Waals surface area contributed by atoms with E-state index >= 15 is 0 Å². The number of carbonyl (C=O) groups excluding carboxylic acids is 1. The molecule has 1 fully saturated rings. The van der Waals surface area contributed by atoms with Crippen molar-refractivity contribution >= 4 is 40.6 Å². The Morgan fingerprint density at radius 3 is 2.58 bits per heavy atom. The lowest BCUT2D eigenvalue weighted by molar-refractivity contribution is 0.102. The van der Waals surface area contributed by atoms with Crippen LogP contribution in [0.5, 0.6) is 0 Å². The number of nitrogens with zero attached hydrogens (tertiary/aromatic N) is 1. The summed E-state index contributed by atoms with van der Waals surface area (Å²) in [6, 6.07) is 8.92. The molecule has 1 aliphatic carbocycles. The molecule has 1 saturated carbocycles. The molecule has 1 aliphatic rings. The third-order valence-electron chi connectivity index (χ3n) is 4.16. The lowest BCUT2D eigenvalue weighted by Crippen LogP contribution is -2.23. The summed E-state index contributed by atoms with van der Waals surface area (Å²) < 4.78 is 0. The van der Waals surface area contributed by atoms with E-state index in [4.69, 9.17) is 23.2 Å². The monoisotopic (exact) mass is 363 g/mol. The van der Waals surface area contributed by atoms with Crippen molar-refractivity contribution in [3.63, 3.8) is 0 Å². The zero-order chi connectivity index (χ0) is 16.9. The molecule has 1 heterocycles. The summed E-state index contributed by atoms with van der Waals surface area (Å²) in [5, 5.41) is 7.11. The first-order chi connectivity index (χ1) is 11.6. The van der Waals surface area contributed by atoms with Crippen LogP contribution in [-0.2, 0) is 0 Å². The van der Waals surface area contributed by atoms with Gasteiger partial charge in [0.25, 0.3) is 5.91 Å². The molecule has 0 spiro atoms. The first-order valence-corrected chi connectivity index (χ1v) is 8.86. The maximum Gasteiger partial charge on any atom is 0.255 e. The zero-order valence-corrected chi connectivity index (χ0v) is 14.7. The maximum absolute atomic E-state index is 12.4. The van der Waals surface area contributed by atoms with Gasteiger partial charge in [-0.15, -0.1) is 0 Å². The van der Waals surface area contributed by atoms with Gasteiger partial charge in [-0.2, -0.15) is 0 Å². The molecule has 1 aromatic carbocycles. The topological polar surface area (TPSA) is 54.0 Å². The van der Waals surface area contributed by atoms with Gasteiger partial charge in [-0.25, -0.2) is 4.98 Å². The fourth-order valence-corrected chi connectivity index (χ4v) is 3.18. The third-order valence-corrected chi connectivity index (χ3v) is 4.90. The van der Waals surface area contributed by atoms with Crippen molar-refractivity contribution in [2.24, 2.45) is 0 Å². The van der Waals surface area contributed by atoms with E-state index in [1.165, 1.54) is 19.3 Å². The molecule has 1 amide bonds. The molecule has 0 aliphatic heterocycles. The largest absolute Gasteiger partial charge is 0.367 e. The van der Waals surface area contributed by atoms with Gasteiger partial charge in [0.15, 0.2) is 0 Å². The van der Waals surface area contributed by atoms with Crippen LogP contribution in [-0.4, -0.2) is 16.9 Å². The number of hydrogen-bond acceptors (Lipinski definition) is 3. The minimum Gasteiger partial charge on any atom is -0.367 e. The quantitative estimate of drug-likeness (QED) is 0.765. The lowest BCUT2D eigenvalue weighted by atomic mass is 9.95. The molecule has 0 saturated heterocycles. The van der Waals surface area contributed by atoms with Crippen LogP contribution in [0.4, 0.5) is 11.5 Å². The number of amides is 1. The Morgan fingerprint density at radius 2 is 1.83 bits per heavy atom. The SMILES string of the molecule is O=C(Nc1ccc(Cl)c(Cl)c1)c1ccnc(NC2CCCCC2)c1. The average molecular weight is 364 g/mol. The minimum atomic E-state index is -0.206. The molecule has 0 unspecified atom stereocenters. The highest BCUT2D eigenvalue weighted by Crippen LogP contribution is 2.25. The lowest BCUT2D eigenvalue weighted by Gasteiger charge is -2.23. The smallest absolute Gasteiger partial charge is 0.255 e. The summed E-state index contributed by atoms with van der Waals surface area (Å²) in [6.45, 7) is 0. The second-order valence-corrected chi connectivity index (χ2v) is 6.81. The summed E-state index contributed by atoms with van der Waals surface area (Å²) in [4.78, 5) is 16.7. The van der Waals surface area contributed by atoms with E-state index in [1.54, 1.807) is 36.5 Å². The van der Waals surface area contributed by atoms with Gasteiger partial charge in [0.1, 0.15) is 5.82 Å². The number of hydrogen-bond donors (Lipinski definition) is 2. The van der Waals surface area contributed by atoms with Gasteiger partial charge in [0.05, 0.1) is 10.0 Å². The van der Waals surface area contributed by atoms with Crippen molar-refractivity contribution in [2.75, 3.05) is 10.6 Å². The van der Waals surface area contributed by atoms with Crippen molar-refractivity contribution < 1.29 is 4.79 Å². The fraction of sp³-hybridized carbons (Fsp3) is 0.333. The molecule has 0 radical (unpaired) electrons. The van der Waals surface area contributed by atoms with E-state index in [0.717, 1.165) is 18.7 Å². The van der Waals surface area contributed by atoms with Gasteiger partial charge < -0.3 is 10.6 Å². The van der Waals surface area contributed by atoms with Crippen molar-refractivity contribution in [3.05, 3.63) is 52.1 Å². The number of anilines is 2. The van der Waals surface area contributed by atoms with Crippen LogP contribution in [0.15, 0.2) is 36.5 Å². The summed E-state index contributed by atoms with van der Waals surface area (Å²) in [5.74, 6) is 0.533. The highest BCUT2D eigenvalue weighted by atomic mass is 35.5. The minimum absolute atomic E-state index is 0.206. The van der Waals surface area contributed by atoms with Crippen LogP contribution >= 0.6 is 23.2 Å². The Labute approximate surface area is 151 Å². The fourth-order valence-electron chi connectivity index (χ4n) is 2.88. The third kappa shape index (κ3) is 4.40. The number of aromatic nitrogens is 1. The Hall–Kier alpha value is -1.78. The van der Waals surface area contributed by atoms with Gasteiger partial charge in [-0.1, -0.05) is 42.5 Å². The van der Waals surface area contributed by atoms with Crippen molar-refractivity contribution in [2.45, 2.75) is 38.1 Å². The molecule has 0 bridgehead atoms. The van der Waals surface area contributed by atoms with Crippen LogP contribution in [0, 0.1) is 0 Å². The van der Waals surface area contributed by atoms with Crippen LogP contribution in [0.3, 0.4) is 0 Å². The number of pyridine rings is 1. The van der Waals surface area contributed by atoms with Crippen molar-refractivity contribution in [3.8, 4) is 0 Å². The Bertz CT molecular complexity index is 730. The van der Waals surface area contributed by atoms with Crippen LogP contribution in [0.1, 0.15) is 42.5 Å². The number of benzene rings is 1. The van der Waals surface area contributed by atoms with E-state index in [1.807, 2.05) is 0 Å². The summed E-state index contributed by atoms with van der Waals surface area (Å²) in [7, 11) is 0. The first-order valence-electron chi connectivity index (χ1n) is 8.11. The standard InChI is InChI=1S/C18H19Cl2N3O/c19-15-7-6-14(11-16(15)20)23-18(24)12-8-9-21-17(10-12)22-13-4-2-1-3-5-13/h6-11,13H,1-5H2,(H,21,22)(H,23,24). The predicted molar refractivity (Wildman–Crippen MR) is 99.1 cm³/mol. The van der Waals surface area contributed by atoms with Crippen molar-refractivity contribution in [1.82, 2.24) is 4.98 Å². The molecule has 24 heavy (non-hydrogen) atoms. The molecule has 2 N–H and O–H groups in total. The number of carbonyl (C=O) groups is 1. The molecule has 126 valence electrons. The first kappa shape index (κ1) is 17.1. The average Bonchev–Trinajstić information content (AvgIpc) is 2.59. The summed E-state index contributed by atoms with van der Waals surface area (Å²) in [5.41, 5.74) is 1.15. The highest BCUT2D eigenvalue weighted by Gasteiger charge is 2.14. The van der Waals surface area contributed by atoms with E-state index in [9.17, 15) is 4.79 Å². The number of nitrogens with one attached hydrogen (secondary N) is 2. The van der Waals surface area contributed by atoms with E-state index < -0.39 is 0 Å². The van der Waals surface area contributed by atoms with Gasteiger partial charge in [0, 0.05) is 23.5 Å². The van der Waals surface area contributed by atoms with Crippen molar-refractivity contribution in [1.29, 1.82) is 0 Å². The second kappa shape index (κ2) is 7.86. The van der Waals surface area contributed by atoms with Gasteiger partial charge in [-0.05, 0) is 43.2 Å². The molecule has 6 heteroatoms. The molecule has 0 atom stereocenters. The highest BCUT2D eigenvalue weighted by molar-refractivity contribution is 6.42. The number of halogens is 2. The van der Waals surface area contributed by atoms with Crippen LogP contribution in [0.25, 0.3) is 0 Å². The van der Waals surface area contributed by atoms with E-state index in [0.29, 0.717) is 27.3 Å². The van der Waals surface area contributed by atoms with E-state index in [2.05, 4.69) is 15.6 Å². The van der Waals surface area contributed by atoms with Crippen LogP contribution < -0.4 is 10.6 Å². The Kier molecular flexibility index (Phi) is 5.59. The van der Waals surface area contributed by atoms with Gasteiger partial charge >= 0.3 is 0 Å². The molecule has 3 rings (SSSR count). The summed E-state index contributed by atoms with van der Waals surface area (Å²) in [6.07, 6.45) is 7.75. The van der Waals surface area contributed by atoms with E-state index in [-0.39, 0.29) is 5.91 Å². The predicted octanol–water partition coefficient (Wildman–Crippen LogP) is 5.39. The molecular formula is C18H19Cl2N3O. The normalized spacial score (nSPS) is 15.1. The Morgan fingerprint density at radius 1 is 1.04 bits per heavy atom.